The number of hydrogen-bond donors (Lipinski definition) is 0. The summed E-state index contributed by atoms with van der Waals surface area (Å²) in [4.78, 5) is 2.26. The third-order valence-electron chi connectivity index (χ3n) is 3.30. The standard InChI is InChI=1S/C17H21N/c1-13-5-9-15(10-6-13)17(18(3)4)16-11-7-14(2)8-12-16/h5-12,17H,1-4H3. The van der Waals surface area contributed by atoms with Crippen molar-refractivity contribution in [1.82, 2.24) is 4.90 Å². The Morgan fingerprint density at radius 3 is 1.28 bits per heavy atom. The minimum Gasteiger partial charge on any atom is -0.299 e. The van der Waals surface area contributed by atoms with Crippen LogP contribution in [0.1, 0.15) is 28.3 Å². The first-order valence-corrected chi connectivity index (χ1v) is 6.37. The van der Waals surface area contributed by atoms with Crippen molar-refractivity contribution in [3.63, 3.8) is 0 Å². The van der Waals surface area contributed by atoms with E-state index >= 15 is 0 Å². The van der Waals surface area contributed by atoms with Gasteiger partial charge < -0.3 is 0 Å². The normalized spacial score (nSPS) is 11.2. The third kappa shape index (κ3) is 2.80. The van der Waals surface area contributed by atoms with Gasteiger partial charge in [0.05, 0.1) is 6.04 Å². The largest absolute Gasteiger partial charge is 0.299 e. The minimum atomic E-state index is 0.325. The Hall–Kier alpha value is -1.60. The summed E-state index contributed by atoms with van der Waals surface area (Å²) in [6.07, 6.45) is 0. The van der Waals surface area contributed by atoms with Gasteiger partial charge in [0.25, 0.3) is 0 Å². The van der Waals surface area contributed by atoms with Crippen LogP contribution >= 0.6 is 0 Å². The average molecular weight is 239 g/mol. The van der Waals surface area contributed by atoms with Crippen molar-refractivity contribution in [3.8, 4) is 0 Å². The van der Waals surface area contributed by atoms with Crippen LogP contribution in [-0.4, -0.2) is 19.0 Å². The fourth-order valence-electron chi connectivity index (χ4n) is 2.29. The molecule has 94 valence electrons. The fourth-order valence-corrected chi connectivity index (χ4v) is 2.29. The second kappa shape index (κ2) is 5.36. The van der Waals surface area contributed by atoms with E-state index in [1.54, 1.807) is 0 Å². The van der Waals surface area contributed by atoms with Crippen LogP contribution < -0.4 is 0 Å². The Morgan fingerprint density at radius 2 is 1.00 bits per heavy atom. The Balaban J connectivity index is 2.39. The average Bonchev–Trinajstić information content (AvgIpc) is 2.34. The van der Waals surface area contributed by atoms with Gasteiger partial charge in [0.15, 0.2) is 0 Å². The molecule has 0 fully saturated rings. The fraction of sp³-hybridized carbons (Fsp3) is 0.294. The molecule has 2 aromatic rings. The molecule has 18 heavy (non-hydrogen) atoms. The predicted octanol–water partition coefficient (Wildman–Crippen LogP) is 3.95. The summed E-state index contributed by atoms with van der Waals surface area (Å²) in [6, 6.07) is 17.9. The van der Waals surface area contributed by atoms with Crippen LogP contribution in [-0.2, 0) is 0 Å². The summed E-state index contributed by atoms with van der Waals surface area (Å²) < 4.78 is 0. The number of rotatable bonds is 3. The highest BCUT2D eigenvalue weighted by atomic mass is 15.1. The molecular formula is C17H21N. The van der Waals surface area contributed by atoms with Crippen molar-refractivity contribution in [2.24, 2.45) is 0 Å². The van der Waals surface area contributed by atoms with Crippen molar-refractivity contribution in [1.29, 1.82) is 0 Å². The van der Waals surface area contributed by atoms with Crippen LogP contribution in [0.2, 0.25) is 0 Å². The molecule has 0 aliphatic carbocycles. The molecule has 1 nitrogen and oxygen atoms in total. The van der Waals surface area contributed by atoms with Gasteiger partial charge in [-0.05, 0) is 39.1 Å². The topological polar surface area (TPSA) is 3.24 Å². The molecule has 0 aliphatic rings. The van der Waals surface area contributed by atoms with Crippen LogP contribution in [0.5, 0.6) is 0 Å². The van der Waals surface area contributed by atoms with Crippen molar-refractivity contribution in [2.75, 3.05) is 14.1 Å². The Morgan fingerprint density at radius 1 is 0.667 bits per heavy atom. The first-order chi connectivity index (χ1) is 8.58. The maximum Gasteiger partial charge on any atom is 0.0596 e. The molecule has 0 atom stereocenters. The molecule has 0 spiro atoms. The lowest BCUT2D eigenvalue weighted by Gasteiger charge is -2.25. The molecular weight excluding hydrogens is 218 g/mol. The molecule has 0 radical (unpaired) electrons. The van der Waals surface area contributed by atoms with Crippen molar-refractivity contribution in [3.05, 3.63) is 70.8 Å². The smallest absolute Gasteiger partial charge is 0.0596 e. The monoisotopic (exact) mass is 239 g/mol. The summed E-state index contributed by atoms with van der Waals surface area (Å²) >= 11 is 0. The number of aryl methyl sites for hydroxylation is 2. The molecule has 0 aromatic heterocycles. The van der Waals surface area contributed by atoms with Gasteiger partial charge in [-0.3, -0.25) is 4.90 Å². The molecule has 2 rings (SSSR count). The van der Waals surface area contributed by atoms with E-state index in [4.69, 9.17) is 0 Å². The van der Waals surface area contributed by atoms with Crippen LogP contribution in [0.3, 0.4) is 0 Å². The Kier molecular flexibility index (Phi) is 3.83. The predicted molar refractivity (Wildman–Crippen MR) is 77.9 cm³/mol. The molecule has 0 N–H and O–H groups in total. The van der Waals surface area contributed by atoms with E-state index in [-0.39, 0.29) is 0 Å². The Labute approximate surface area is 110 Å². The zero-order valence-corrected chi connectivity index (χ0v) is 11.6. The van der Waals surface area contributed by atoms with Gasteiger partial charge in [-0.15, -0.1) is 0 Å². The van der Waals surface area contributed by atoms with Gasteiger partial charge in [-0.25, -0.2) is 0 Å². The van der Waals surface area contributed by atoms with Gasteiger partial charge in [0.1, 0.15) is 0 Å². The van der Waals surface area contributed by atoms with Gasteiger partial charge in [-0.1, -0.05) is 59.7 Å². The summed E-state index contributed by atoms with van der Waals surface area (Å²) in [7, 11) is 4.26. The molecule has 0 saturated heterocycles. The van der Waals surface area contributed by atoms with E-state index in [1.165, 1.54) is 22.3 Å². The van der Waals surface area contributed by atoms with E-state index in [0.29, 0.717) is 6.04 Å². The van der Waals surface area contributed by atoms with Crippen LogP contribution in [0.15, 0.2) is 48.5 Å². The number of benzene rings is 2. The highest BCUT2D eigenvalue weighted by Crippen LogP contribution is 2.26. The van der Waals surface area contributed by atoms with Gasteiger partial charge in [0.2, 0.25) is 0 Å². The van der Waals surface area contributed by atoms with Crippen LogP contribution in [0.4, 0.5) is 0 Å². The number of nitrogens with zero attached hydrogens (tertiary/aromatic N) is 1. The van der Waals surface area contributed by atoms with Gasteiger partial charge in [-0.2, -0.15) is 0 Å². The molecule has 0 bridgehead atoms. The molecule has 0 unspecified atom stereocenters. The number of hydrogen-bond acceptors (Lipinski definition) is 1. The summed E-state index contributed by atoms with van der Waals surface area (Å²) in [6.45, 7) is 4.25. The molecule has 0 heterocycles. The van der Waals surface area contributed by atoms with Gasteiger partial charge in [0, 0.05) is 0 Å². The minimum absolute atomic E-state index is 0.325. The zero-order chi connectivity index (χ0) is 13.1. The van der Waals surface area contributed by atoms with E-state index in [0.717, 1.165) is 0 Å². The zero-order valence-electron chi connectivity index (χ0n) is 11.6. The molecule has 0 amide bonds. The van der Waals surface area contributed by atoms with E-state index in [9.17, 15) is 0 Å². The van der Waals surface area contributed by atoms with E-state index < -0.39 is 0 Å². The Bertz CT molecular complexity index is 449. The quantitative estimate of drug-likeness (QED) is 0.783. The lowest BCUT2D eigenvalue weighted by atomic mass is 9.96. The van der Waals surface area contributed by atoms with E-state index in [1.807, 2.05) is 0 Å². The third-order valence-corrected chi connectivity index (χ3v) is 3.30. The van der Waals surface area contributed by atoms with Crippen LogP contribution in [0.25, 0.3) is 0 Å². The maximum atomic E-state index is 2.26. The van der Waals surface area contributed by atoms with E-state index in [2.05, 4.69) is 81.4 Å². The second-order valence-corrected chi connectivity index (χ2v) is 5.19. The van der Waals surface area contributed by atoms with Crippen molar-refractivity contribution in [2.45, 2.75) is 19.9 Å². The summed E-state index contributed by atoms with van der Waals surface area (Å²) in [5, 5.41) is 0. The lowest BCUT2D eigenvalue weighted by Crippen LogP contribution is -2.21. The first kappa shape index (κ1) is 12.8. The molecule has 0 aliphatic heterocycles. The first-order valence-electron chi connectivity index (χ1n) is 6.37. The van der Waals surface area contributed by atoms with Crippen molar-refractivity contribution >= 4 is 0 Å². The molecule has 0 saturated carbocycles. The second-order valence-electron chi connectivity index (χ2n) is 5.19. The summed E-state index contributed by atoms with van der Waals surface area (Å²) in [5.74, 6) is 0. The highest BCUT2D eigenvalue weighted by Gasteiger charge is 2.15. The summed E-state index contributed by atoms with van der Waals surface area (Å²) in [5.41, 5.74) is 5.30. The maximum absolute atomic E-state index is 2.26. The lowest BCUT2D eigenvalue weighted by molar-refractivity contribution is 0.342. The van der Waals surface area contributed by atoms with Crippen molar-refractivity contribution < 1.29 is 0 Å². The van der Waals surface area contributed by atoms with Gasteiger partial charge >= 0.3 is 0 Å². The SMILES string of the molecule is Cc1ccc(C(c2ccc(C)cc2)N(C)C)cc1. The molecule has 1 heteroatoms. The van der Waals surface area contributed by atoms with Crippen LogP contribution in [0, 0.1) is 13.8 Å². The molecule has 2 aromatic carbocycles. The highest BCUT2D eigenvalue weighted by molar-refractivity contribution is 5.34.